The van der Waals surface area contributed by atoms with Crippen LogP contribution in [0.15, 0.2) is 95.9 Å². The van der Waals surface area contributed by atoms with E-state index in [0.29, 0.717) is 40.5 Å². The van der Waals surface area contributed by atoms with Gasteiger partial charge in [0.2, 0.25) is 23.7 Å². The third-order valence-electron chi connectivity index (χ3n) is 16.9. The van der Waals surface area contributed by atoms with Crippen molar-refractivity contribution in [3.8, 4) is 16.3 Å². The normalized spacial score (nSPS) is 21.0. The summed E-state index contributed by atoms with van der Waals surface area (Å²) in [7, 11) is 0. The summed E-state index contributed by atoms with van der Waals surface area (Å²) in [5.41, 5.74) is 5.56. The molecule has 0 spiro atoms. The number of rotatable bonds is 17. The second-order valence-electron chi connectivity index (χ2n) is 24.2. The topological polar surface area (TPSA) is 219 Å². The Kier molecular flexibility index (Phi) is 17.2. The Hall–Kier alpha value is -6.84. The summed E-state index contributed by atoms with van der Waals surface area (Å²) in [6.07, 6.45) is 8.24. The largest absolute Gasteiger partial charge is 0.391 e. The number of pyridine rings is 1. The lowest BCUT2D eigenvalue weighted by molar-refractivity contribution is -0.144. The Morgan fingerprint density at radius 2 is 1.58 bits per heavy atom. The molecule has 20 heteroatoms. The summed E-state index contributed by atoms with van der Waals surface area (Å²) in [6.45, 7) is 22.7. The van der Waals surface area contributed by atoms with E-state index in [1.807, 2.05) is 69.6 Å². The fraction of sp³-hybridized carbons (Fsp3) is 0.508. The maximum Gasteiger partial charge on any atom is 0.278 e. The van der Waals surface area contributed by atoms with Crippen molar-refractivity contribution in [2.75, 3.05) is 62.6 Å². The van der Waals surface area contributed by atoms with E-state index in [4.69, 9.17) is 4.98 Å². The molecular weight excluding hydrogens is 1040 g/mol. The Morgan fingerprint density at radius 1 is 0.864 bits per heavy atom. The first-order valence-corrected chi connectivity index (χ1v) is 29.6. The number of carbonyl (C=O) groups is 3. The van der Waals surface area contributed by atoms with Gasteiger partial charge in [-0.05, 0) is 131 Å². The number of nitrogens with zero attached hydrogens (tertiary/aromatic N) is 10. The number of aliphatic hydroxyl groups excluding tert-OH is 1. The third kappa shape index (κ3) is 13.1. The number of likely N-dealkylation sites (tertiary alicyclic amines) is 2. The molecule has 19 nitrogen and oxygen atoms in total. The number of aliphatic hydroxyl groups is 2. The summed E-state index contributed by atoms with van der Waals surface area (Å²) < 4.78 is 3.16. The number of piperidine rings is 1. The molecule has 1 aliphatic carbocycles. The quantitative estimate of drug-likeness (QED) is 0.0596. The van der Waals surface area contributed by atoms with E-state index in [1.54, 1.807) is 54.1 Å². The number of carbonyl (C=O) groups excluding carboxylic acids is 3. The van der Waals surface area contributed by atoms with E-state index in [-0.39, 0.29) is 55.3 Å². The molecule has 3 aliphatic heterocycles. The first-order chi connectivity index (χ1) is 38.8. The highest BCUT2D eigenvalue weighted by Gasteiger charge is 2.45. The monoisotopic (exact) mass is 1120 g/mol. The molecule has 430 valence electrons. The molecule has 7 heterocycles. The zero-order valence-electron chi connectivity index (χ0n) is 47.7. The molecule has 2 aromatic carbocycles. The van der Waals surface area contributed by atoms with Gasteiger partial charge in [-0.2, -0.15) is 4.98 Å². The molecule has 81 heavy (non-hydrogen) atoms. The van der Waals surface area contributed by atoms with Crippen molar-refractivity contribution in [1.29, 1.82) is 0 Å². The molecule has 5 N–H and O–H groups in total. The number of anilines is 3. The van der Waals surface area contributed by atoms with Crippen LogP contribution < -0.4 is 26.4 Å². The first kappa shape index (κ1) is 57.4. The molecule has 0 bridgehead atoms. The number of aryl methyl sites for hydroxylation is 1. The fourth-order valence-corrected chi connectivity index (χ4v) is 13.0. The molecule has 0 radical (unpaired) electrons. The van der Waals surface area contributed by atoms with Gasteiger partial charge in [0, 0.05) is 81.8 Å². The average Bonchev–Trinajstić information content (AvgIpc) is 4.39. The Labute approximate surface area is 478 Å². The molecule has 3 atom stereocenters. The van der Waals surface area contributed by atoms with Gasteiger partial charge in [0.05, 0.1) is 34.4 Å². The van der Waals surface area contributed by atoms with Crippen molar-refractivity contribution in [3.63, 3.8) is 0 Å². The SMILES string of the molecule is C=CCn1c(=O)c2cnc(Nc3ccc(N4CCN(CC5CCN(C6CCC(C(=O)N[C@H](C(=O)N7CC(O)CC7C(=O)NCc7ccc(-c8scnc8C)cc7)C(C)(C)C)CC6)CC5)CC4)cc3)nc2n1-c1cccc(C(C)(C)O)n1. The van der Waals surface area contributed by atoms with Gasteiger partial charge < -0.3 is 40.9 Å². The molecule has 4 aromatic heterocycles. The molecule has 3 saturated heterocycles. The number of aromatic nitrogens is 6. The van der Waals surface area contributed by atoms with Gasteiger partial charge in [-0.15, -0.1) is 17.9 Å². The lowest BCUT2D eigenvalue weighted by Crippen LogP contribution is -2.58. The summed E-state index contributed by atoms with van der Waals surface area (Å²) in [6, 6.07) is 20.4. The second kappa shape index (κ2) is 24.3. The van der Waals surface area contributed by atoms with Crippen molar-refractivity contribution in [2.45, 2.75) is 129 Å². The van der Waals surface area contributed by atoms with Crippen LogP contribution in [0.1, 0.15) is 96.5 Å². The minimum absolute atomic E-state index is 0.0396. The van der Waals surface area contributed by atoms with Gasteiger partial charge in [-0.1, -0.05) is 57.2 Å². The number of β-amino-alcohol motifs (C(OH)–C–C–N with tert-alkyl or cyclic N) is 1. The smallest absolute Gasteiger partial charge is 0.278 e. The number of fused-ring (bicyclic) bond motifs is 1. The van der Waals surface area contributed by atoms with Crippen molar-refractivity contribution < 1.29 is 24.6 Å². The average molecular weight is 1120 g/mol. The first-order valence-electron chi connectivity index (χ1n) is 28.8. The predicted octanol–water partition coefficient (Wildman–Crippen LogP) is 6.77. The molecule has 6 aromatic rings. The predicted molar refractivity (Wildman–Crippen MR) is 316 cm³/mol. The Morgan fingerprint density at radius 3 is 2.23 bits per heavy atom. The number of benzene rings is 2. The van der Waals surface area contributed by atoms with Crippen molar-refractivity contribution in [1.82, 2.24) is 54.6 Å². The molecule has 3 amide bonds. The van der Waals surface area contributed by atoms with Crippen LogP contribution in [0.4, 0.5) is 17.3 Å². The number of thiazole rings is 1. The van der Waals surface area contributed by atoms with Crippen LogP contribution in [0.2, 0.25) is 0 Å². The molecular formula is C61H79N13O6S. The van der Waals surface area contributed by atoms with Crippen LogP contribution in [0.25, 0.3) is 27.3 Å². The van der Waals surface area contributed by atoms with Crippen molar-refractivity contribution in [2.24, 2.45) is 17.3 Å². The van der Waals surface area contributed by atoms with E-state index < -0.39 is 29.2 Å². The second-order valence-corrected chi connectivity index (χ2v) is 25.0. The van der Waals surface area contributed by atoms with E-state index in [2.05, 4.69) is 64.3 Å². The molecule has 4 aliphatic rings. The van der Waals surface area contributed by atoms with Crippen LogP contribution in [0.5, 0.6) is 0 Å². The number of hydrogen-bond acceptors (Lipinski definition) is 15. The highest BCUT2D eigenvalue weighted by molar-refractivity contribution is 7.13. The highest BCUT2D eigenvalue weighted by atomic mass is 32.1. The van der Waals surface area contributed by atoms with Gasteiger partial charge in [-0.25, -0.2) is 24.3 Å². The minimum atomic E-state index is -1.18. The van der Waals surface area contributed by atoms with Crippen LogP contribution in [-0.2, 0) is 33.1 Å². The molecule has 2 unspecified atom stereocenters. The van der Waals surface area contributed by atoms with Gasteiger partial charge in [0.15, 0.2) is 11.5 Å². The van der Waals surface area contributed by atoms with Crippen molar-refractivity contribution in [3.05, 3.63) is 118 Å². The zero-order valence-corrected chi connectivity index (χ0v) is 48.5. The minimum Gasteiger partial charge on any atom is -0.391 e. The van der Waals surface area contributed by atoms with Gasteiger partial charge >= 0.3 is 0 Å². The third-order valence-corrected chi connectivity index (χ3v) is 17.8. The fourth-order valence-electron chi connectivity index (χ4n) is 12.2. The van der Waals surface area contributed by atoms with Crippen LogP contribution in [-0.4, -0.2) is 149 Å². The van der Waals surface area contributed by atoms with E-state index in [0.717, 1.165) is 117 Å². The van der Waals surface area contributed by atoms with E-state index in [1.165, 1.54) is 15.8 Å². The standard InChI is InChI=1S/C61H79N13O6S/c1-8-26-73-57(78)48-35-63-59(68-54(48)74(73)51-11-9-10-50(66-51)61(6,7)80)65-44-18-22-46(23-19-44)71-31-29-69(30-32-71)36-41-24-27-70(28-25-41)45-20-16-43(17-21-45)55(76)67-53(60(3,4)5)58(79)72-37-47(75)33-49(72)56(77)62-34-40-12-14-42(15-13-40)52-39(2)64-38-81-52/h8-15,18-19,22-23,35,38,41,43,45,47,49,53,75,80H,1,16-17,20-21,24-34,36-37H2,2-7H3,(H,62,77)(H,67,76)(H,63,65,68)/t43?,45?,47?,49?,53-/m1/s1. The molecule has 4 fully saturated rings. The number of nitrogens with one attached hydrogen (secondary N) is 3. The van der Waals surface area contributed by atoms with E-state index >= 15 is 0 Å². The van der Waals surface area contributed by atoms with Crippen LogP contribution >= 0.6 is 11.3 Å². The Balaban J connectivity index is 0.656. The number of allylic oxidation sites excluding steroid dienone is 1. The summed E-state index contributed by atoms with van der Waals surface area (Å²) in [4.78, 5) is 84.1. The number of hydrogen-bond donors (Lipinski definition) is 5. The Bertz CT molecular complexity index is 3250. The molecule has 10 rings (SSSR count). The van der Waals surface area contributed by atoms with Gasteiger partial charge in [0.25, 0.3) is 5.56 Å². The van der Waals surface area contributed by atoms with Gasteiger partial charge in [-0.3, -0.25) is 24.1 Å². The molecule has 1 saturated carbocycles. The summed E-state index contributed by atoms with van der Waals surface area (Å²) in [5, 5.41) is 31.2. The van der Waals surface area contributed by atoms with Crippen LogP contribution in [0.3, 0.4) is 0 Å². The lowest BCUT2D eigenvalue weighted by atomic mass is 9.81. The highest BCUT2D eigenvalue weighted by Crippen LogP contribution is 2.34. The van der Waals surface area contributed by atoms with E-state index in [9.17, 15) is 29.4 Å². The number of piperazine rings is 1. The lowest BCUT2D eigenvalue weighted by Gasteiger charge is -2.43. The zero-order chi connectivity index (χ0) is 57.2. The van der Waals surface area contributed by atoms with Crippen LogP contribution in [0, 0.1) is 24.2 Å². The summed E-state index contributed by atoms with van der Waals surface area (Å²) in [5.74, 6) is 0.484. The van der Waals surface area contributed by atoms with Gasteiger partial charge in [0.1, 0.15) is 23.1 Å². The maximum absolute atomic E-state index is 14.4. The van der Waals surface area contributed by atoms with Crippen molar-refractivity contribution >= 4 is 57.4 Å². The summed E-state index contributed by atoms with van der Waals surface area (Å²) >= 11 is 1.59. The number of amides is 3. The maximum atomic E-state index is 14.4.